The fourth-order valence-electron chi connectivity index (χ4n) is 2.20. The summed E-state index contributed by atoms with van der Waals surface area (Å²) in [7, 11) is 0. The van der Waals surface area contributed by atoms with E-state index < -0.39 is 0 Å². The summed E-state index contributed by atoms with van der Waals surface area (Å²) in [4.78, 5) is 21.2. The minimum absolute atomic E-state index is 0.0250. The van der Waals surface area contributed by atoms with E-state index in [4.69, 9.17) is 5.11 Å². The number of rotatable bonds is 4. The predicted molar refractivity (Wildman–Crippen MR) is 81.7 cm³/mol. The summed E-state index contributed by atoms with van der Waals surface area (Å²) in [6, 6.07) is 1.95. The molecule has 3 aromatic rings. The Hall–Kier alpha value is -1.44. The molecule has 106 valence electrons. The second-order valence-electron chi connectivity index (χ2n) is 4.78. The largest absolute Gasteiger partial charge is 0.395 e. The van der Waals surface area contributed by atoms with E-state index in [1.54, 1.807) is 16.2 Å². The molecule has 1 amide bonds. The number of imidazole rings is 1. The number of hydrogen-bond donors (Lipinski definition) is 1. The molecular weight excluding hydrogens is 294 g/mol. The summed E-state index contributed by atoms with van der Waals surface area (Å²) in [6.07, 6.45) is 1.96. The fraction of sp³-hybridized carbons (Fsp3) is 0.385. The number of aliphatic hydroxyl groups is 1. The predicted octanol–water partition coefficient (Wildman–Crippen LogP) is 2.45. The Morgan fingerprint density at radius 2 is 2.35 bits per heavy atom. The first-order chi connectivity index (χ1) is 9.61. The highest BCUT2D eigenvalue weighted by molar-refractivity contribution is 7.21. The molecule has 1 N–H and O–H groups in total. The molecule has 0 bridgehead atoms. The molecule has 0 aliphatic rings. The lowest BCUT2D eigenvalue weighted by atomic mass is 10.3. The van der Waals surface area contributed by atoms with Gasteiger partial charge in [-0.05, 0) is 19.9 Å². The molecule has 0 aliphatic carbocycles. The van der Waals surface area contributed by atoms with Gasteiger partial charge in [-0.25, -0.2) is 4.98 Å². The molecule has 0 radical (unpaired) electrons. The van der Waals surface area contributed by atoms with Crippen molar-refractivity contribution in [3.05, 3.63) is 22.5 Å². The van der Waals surface area contributed by atoms with Crippen molar-refractivity contribution in [2.24, 2.45) is 0 Å². The van der Waals surface area contributed by atoms with Crippen LogP contribution in [0.15, 0.2) is 17.6 Å². The Labute approximate surface area is 124 Å². The molecule has 7 heteroatoms. The molecule has 3 rings (SSSR count). The van der Waals surface area contributed by atoms with Crippen LogP contribution in [0.3, 0.4) is 0 Å². The summed E-state index contributed by atoms with van der Waals surface area (Å²) in [5, 5.41) is 11.1. The number of nitrogens with zero attached hydrogens (tertiary/aromatic N) is 3. The number of hydrogen-bond acceptors (Lipinski definition) is 5. The summed E-state index contributed by atoms with van der Waals surface area (Å²) in [6.45, 7) is 4.23. The van der Waals surface area contributed by atoms with E-state index in [0.717, 1.165) is 15.3 Å². The van der Waals surface area contributed by atoms with Crippen molar-refractivity contribution < 1.29 is 9.90 Å². The third kappa shape index (κ3) is 2.11. The van der Waals surface area contributed by atoms with Crippen LogP contribution in [-0.2, 0) is 0 Å². The Morgan fingerprint density at radius 1 is 1.55 bits per heavy atom. The molecule has 0 aromatic carbocycles. The minimum atomic E-state index is -0.0407. The van der Waals surface area contributed by atoms with Crippen LogP contribution in [0.1, 0.15) is 23.5 Å². The SMILES string of the molecule is CC(C)N(CCO)C(=O)c1cc2c(nc3sccn32)s1. The lowest BCUT2D eigenvalue weighted by Gasteiger charge is -2.25. The van der Waals surface area contributed by atoms with Gasteiger partial charge in [0.1, 0.15) is 4.83 Å². The highest BCUT2D eigenvalue weighted by Crippen LogP contribution is 2.29. The van der Waals surface area contributed by atoms with Gasteiger partial charge in [-0.2, -0.15) is 0 Å². The van der Waals surface area contributed by atoms with Crippen molar-refractivity contribution in [1.82, 2.24) is 14.3 Å². The van der Waals surface area contributed by atoms with Gasteiger partial charge in [0.25, 0.3) is 5.91 Å². The number of aliphatic hydroxyl groups excluding tert-OH is 1. The summed E-state index contributed by atoms with van der Waals surface area (Å²) >= 11 is 2.99. The third-order valence-electron chi connectivity index (χ3n) is 3.18. The van der Waals surface area contributed by atoms with Crippen molar-refractivity contribution in [3.8, 4) is 0 Å². The molecule has 0 saturated heterocycles. The molecule has 0 unspecified atom stereocenters. The zero-order valence-corrected chi connectivity index (χ0v) is 12.9. The van der Waals surface area contributed by atoms with Crippen molar-refractivity contribution in [1.29, 1.82) is 0 Å². The quantitative estimate of drug-likeness (QED) is 0.805. The number of fused-ring (bicyclic) bond motifs is 3. The van der Waals surface area contributed by atoms with Crippen LogP contribution in [0.2, 0.25) is 0 Å². The van der Waals surface area contributed by atoms with Crippen molar-refractivity contribution in [2.75, 3.05) is 13.2 Å². The van der Waals surface area contributed by atoms with Crippen LogP contribution in [-0.4, -0.2) is 44.5 Å². The minimum Gasteiger partial charge on any atom is -0.395 e. The molecule has 5 nitrogen and oxygen atoms in total. The van der Waals surface area contributed by atoms with Crippen molar-refractivity contribution >= 4 is 43.9 Å². The molecule has 0 saturated carbocycles. The normalized spacial score (nSPS) is 11.8. The number of thiazole rings is 1. The van der Waals surface area contributed by atoms with Gasteiger partial charge >= 0.3 is 0 Å². The summed E-state index contributed by atoms with van der Waals surface area (Å²) < 4.78 is 2.00. The summed E-state index contributed by atoms with van der Waals surface area (Å²) in [5.41, 5.74) is 0.974. The van der Waals surface area contributed by atoms with Crippen LogP contribution in [0, 0.1) is 0 Å². The maximum Gasteiger partial charge on any atom is 0.264 e. The van der Waals surface area contributed by atoms with Crippen LogP contribution in [0.4, 0.5) is 0 Å². The van der Waals surface area contributed by atoms with Gasteiger partial charge in [0.05, 0.1) is 17.0 Å². The lowest BCUT2D eigenvalue weighted by Crippen LogP contribution is -2.38. The number of thiophene rings is 1. The average Bonchev–Trinajstić information content (AvgIpc) is 3.05. The second-order valence-corrected chi connectivity index (χ2v) is 6.69. The van der Waals surface area contributed by atoms with E-state index in [0.29, 0.717) is 11.4 Å². The van der Waals surface area contributed by atoms with Gasteiger partial charge in [0, 0.05) is 24.2 Å². The molecule has 0 fully saturated rings. The second kappa shape index (κ2) is 5.16. The molecular formula is C13H15N3O2S2. The summed E-state index contributed by atoms with van der Waals surface area (Å²) in [5.74, 6) is -0.0407. The van der Waals surface area contributed by atoms with Crippen molar-refractivity contribution in [2.45, 2.75) is 19.9 Å². The molecule has 0 spiro atoms. The van der Waals surface area contributed by atoms with E-state index in [2.05, 4.69) is 4.98 Å². The van der Waals surface area contributed by atoms with Crippen LogP contribution in [0.5, 0.6) is 0 Å². The van der Waals surface area contributed by atoms with Crippen LogP contribution in [0.25, 0.3) is 15.3 Å². The number of aromatic nitrogens is 2. The van der Waals surface area contributed by atoms with Crippen LogP contribution < -0.4 is 0 Å². The van der Waals surface area contributed by atoms with E-state index in [-0.39, 0.29) is 18.6 Å². The zero-order chi connectivity index (χ0) is 14.3. The van der Waals surface area contributed by atoms with Crippen molar-refractivity contribution in [3.63, 3.8) is 0 Å². The maximum absolute atomic E-state index is 12.5. The first-order valence-corrected chi connectivity index (χ1v) is 8.08. The third-order valence-corrected chi connectivity index (χ3v) is 4.94. The highest BCUT2D eigenvalue weighted by Gasteiger charge is 2.22. The zero-order valence-electron chi connectivity index (χ0n) is 11.2. The average molecular weight is 309 g/mol. The van der Waals surface area contributed by atoms with Gasteiger partial charge in [-0.15, -0.1) is 22.7 Å². The number of carbonyl (C=O) groups excluding carboxylic acids is 1. The maximum atomic E-state index is 12.5. The van der Waals surface area contributed by atoms with E-state index in [9.17, 15) is 4.79 Å². The Balaban J connectivity index is 2.00. The first kappa shape index (κ1) is 13.5. The van der Waals surface area contributed by atoms with E-state index in [1.807, 2.05) is 35.9 Å². The highest BCUT2D eigenvalue weighted by atomic mass is 32.1. The molecule has 0 aliphatic heterocycles. The molecule has 3 aromatic heterocycles. The molecule has 0 atom stereocenters. The molecule has 20 heavy (non-hydrogen) atoms. The van der Waals surface area contributed by atoms with Gasteiger partial charge in [-0.1, -0.05) is 0 Å². The monoisotopic (exact) mass is 309 g/mol. The Bertz CT molecular complexity index is 756. The van der Waals surface area contributed by atoms with Gasteiger partial charge in [0.2, 0.25) is 0 Å². The smallest absolute Gasteiger partial charge is 0.264 e. The van der Waals surface area contributed by atoms with Gasteiger partial charge in [-0.3, -0.25) is 9.20 Å². The Kier molecular flexibility index (Phi) is 3.49. The standard InChI is InChI=1S/C13H15N3O2S2/c1-8(2)15(3-5-17)12(18)10-7-9-11(20-10)14-13-16(9)4-6-19-13/h4,6-8,17H,3,5H2,1-2H3. The molecule has 3 heterocycles. The fourth-order valence-corrected chi connectivity index (χ4v) is 3.95. The topological polar surface area (TPSA) is 57.8 Å². The van der Waals surface area contributed by atoms with Gasteiger partial charge < -0.3 is 10.0 Å². The number of amides is 1. The Morgan fingerprint density at radius 3 is 3.05 bits per heavy atom. The lowest BCUT2D eigenvalue weighted by molar-refractivity contribution is 0.0670. The van der Waals surface area contributed by atoms with E-state index in [1.165, 1.54) is 11.3 Å². The van der Waals surface area contributed by atoms with Crippen LogP contribution >= 0.6 is 22.7 Å². The number of carbonyl (C=O) groups is 1. The van der Waals surface area contributed by atoms with E-state index >= 15 is 0 Å². The first-order valence-electron chi connectivity index (χ1n) is 6.38. The van der Waals surface area contributed by atoms with Gasteiger partial charge in [0.15, 0.2) is 4.96 Å².